The molecule has 1 fully saturated rings. The number of benzene rings is 1. The van der Waals surface area contributed by atoms with Crippen LogP contribution in [-0.2, 0) is 10.0 Å². The van der Waals surface area contributed by atoms with Gasteiger partial charge in [-0.05, 0) is 24.3 Å². The van der Waals surface area contributed by atoms with Crippen LogP contribution in [0.3, 0.4) is 0 Å². The number of rotatable bonds is 2. The Bertz CT molecular complexity index is 479. The zero-order valence-corrected chi connectivity index (χ0v) is 10.2. The summed E-state index contributed by atoms with van der Waals surface area (Å²) >= 11 is 0. The molecule has 2 rings (SSSR count). The van der Waals surface area contributed by atoms with E-state index in [9.17, 15) is 12.8 Å². The predicted molar refractivity (Wildman–Crippen MR) is 64.5 cm³/mol. The van der Waals surface area contributed by atoms with Crippen molar-refractivity contribution in [2.24, 2.45) is 0 Å². The van der Waals surface area contributed by atoms with E-state index in [-0.39, 0.29) is 5.82 Å². The summed E-state index contributed by atoms with van der Waals surface area (Å²) in [6, 6.07) is 6.20. The molecule has 1 heterocycles. The molecule has 1 aromatic rings. The van der Waals surface area contributed by atoms with Crippen molar-refractivity contribution in [3.63, 3.8) is 0 Å². The first-order chi connectivity index (χ1) is 7.97. The van der Waals surface area contributed by atoms with Crippen LogP contribution in [0.2, 0.25) is 0 Å². The monoisotopic (exact) mass is 257 g/mol. The molecule has 0 aromatic heterocycles. The van der Waals surface area contributed by atoms with Crippen LogP contribution in [0, 0.1) is 12.1 Å². The Balaban J connectivity index is 2.02. The first-order valence-electron chi connectivity index (χ1n) is 5.30. The maximum absolute atomic E-state index is 12.8. The molecule has 1 aliphatic rings. The fraction of sp³-hybridized carbons (Fsp3) is 0.364. The number of nitrogens with zero attached hydrogens (tertiary/aromatic N) is 2. The molecule has 1 radical (unpaired) electrons. The summed E-state index contributed by atoms with van der Waals surface area (Å²) in [4.78, 5) is 2.03. The third-order valence-electron chi connectivity index (χ3n) is 2.82. The molecule has 1 aliphatic heterocycles. The number of anilines is 1. The molecule has 0 aliphatic carbocycles. The first-order valence-corrected chi connectivity index (χ1v) is 6.91. The Hall–Kier alpha value is -1.14. The highest BCUT2D eigenvalue weighted by atomic mass is 32.2. The standard InChI is InChI=1S/C11H14FN2O2S/c1-17(15,16)14-8-6-13(7-9-14)11-4-2-10(12)3-5-11/h2-5H,1,6-9H2. The number of hydrogen-bond acceptors (Lipinski definition) is 3. The minimum atomic E-state index is -3.34. The van der Waals surface area contributed by atoms with Gasteiger partial charge in [-0.2, -0.15) is 4.31 Å². The van der Waals surface area contributed by atoms with Crippen molar-refractivity contribution >= 4 is 15.7 Å². The second kappa shape index (κ2) is 4.62. The van der Waals surface area contributed by atoms with Gasteiger partial charge >= 0.3 is 0 Å². The Morgan fingerprint density at radius 1 is 1.06 bits per heavy atom. The highest BCUT2D eigenvalue weighted by molar-refractivity contribution is 7.90. The fourth-order valence-corrected chi connectivity index (χ4v) is 2.60. The van der Waals surface area contributed by atoms with Gasteiger partial charge in [0.25, 0.3) is 0 Å². The van der Waals surface area contributed by atoms with E-state index >= 15 is 0 Å². The van der Waals surface area contributed by atoms with Gasteiger partial charge in [0.2, 0.25) is 10.0 Å². The van der Waals surface area contributed by atoms with Crippen LogP contribution in [-0.4, -0.2) is 38.9 Å². The first kappa shape index (κ1) is 12.3. The lowest BCUT2D eigenvalue weighted by atomic mass is 10.2. The minimum Gasteiger partial charge on any atom is -0.369 e. The van der Waals surface area contributed by atoms with E-state index in [0.29, 0.717) is 26.2 Å². The molecule has 0 atom stereocenters. The average molecular weight is 257 g/mol. The van der Waals surface area contributed by atoms with E-state index in [4.69, 9.17) is 0 Å². The van der Waals surface area contributed by atoms with Gasteiger partial charge in [-0.25, -0.2) is 12.8 Å². The molecular weight excluding hydrogens is 243 g/mol. The smallest absolute Gasteiger partial charge is 0.215 e. The number of halogens is 1. The molecule has 0 N–H and O–H groups in total. The molecule has 0 spiro atoms. The van der Waals surface area contributed by atoms with Gasteiger partial charge in [-0.1, -0.05) is 0 Å². The molecule has 1 saturated heterocycles. The second-order valence-electron chi connectivity index (χ2n) is 3.97. The van der Waals surface area contributed by atoms with E-state index in [1.54, 1.807) is 12.1 Å². The van der Waals surface area contributed by atoms with Crippen molar-refractivity contribution in [3.8, 4) is 0 Å². The molecule has 17 heavy (non-hydrogen) atoms. The molecule has 1 aromatic carbocycles. The van der Waals surface area contributed by atoms with Crippen LogP contribution in [0.1, 0.15) is 0 Å². The quantitative estimate of drug-likeness (QED) is 0.795. The Morgan fingerprint density at radius 2 is 1.59 bits per heavy atom. The number of hydrogen-bond donors (Lipinski definition) is 0. The molecule has 93 valence electrons. The summed E-state index contributed by atoms with van der Waals surface area (Å²) in [7, 11) is -3.34. The second-order valence-corrected chi connectivity index (χ2v) is 5.65. The summed E-state index contributed by atoms with van der Waals surface area (Å²) in [6.45, 7) is 2.03. The van der Waals surface area contributed by atoms with Crippen LogP contribution in [0.5, 0.6) is 0 Å². The highest BCUT2D eigenvalue weighted by Crippen LogP contribution is 2.17. The lowest BCUT2D eigenvalue weighted by molar-refractivity contribution is 0.389. The van der Waals surface area contributed by atoms with Gasteiger partial charge in [-0.15, -0.1) is 0 Å². The average Bonchev–Trinajstić information content (AvgIpc) is 2.29. The normalized spacial score (nSPS) is 18.4. The van der Waals surface area contributed by atoms with Gasteiger partial charge in [0.15, 0.2) is 0 Å². The van der Waals surface area contributed by atoms with Crippen molar-refractivity contribution < 1.29 is 12.8 Å². The van der Waals surface area contributed by atoms with Crippen LogP contribution in [0.25, 0.3) is 0 Å². The van der Waals surface area contributed by atoms with Crippen LogP contribution >= 0.6 is 0 Å². The SMILES string of the molecule is [CH2]S(=O)(=O)N1CCN(c2ccc(F)cc2)CC1. The van der Waals surface area contributed by atoms with Crippen molar-refractivity contribution in [1.82, 2.24) is 4.31 Å². The molecule has 6 heteroatoms. The summed E-state index contributed by atoms with van der Waals surface area (Å²) in [6.07, 6.45) is 3.13. The highest BCUT2D eigenvalue weighted by Gasteiger charge is 2.23. The number of piperazine rings is 1. The van der Waals surface area contributed by atoms with E-state index in [2.05, 4.69) is 6.26 Å². The van der Waals surface area contributed by atoms with E-state index in [1.807, 2.05) is 4.90 Å². The Labute approximate surface area is 101 Å². The van der Waals surface area contributed by atoms with E-state index in [0.717, 1.165) is 5.69 Å². The molecule has 0 bridgehead atoms. The van der Waals surface area contributed by atoms with E-state index < -0.39 is 10.0 Å². The van der Waals surface area contributed by atoms with Gasteiger partial charge in [0.1, 0.15) is 5.82 Å². The van der Waals surface area contributed by atoms with Crippen LogP contribution in [0.15, 0.2) is 24.3 Å². The summed E-state index contributed by atoms with van der Waals surface area (Å²) in [5, 5.41) is 0. The summed E-state index contributed by atoms with van der Waals surface area (Å²) in [5.41, 5.74) is 0.910. The Morgan fingerprint density at radius 3 is 2.06 bits per heavy atom. The summed E-state index contributed by atoms with van der Waals surface area (Å²) < 4.78 is 36.6. The fourth-order valence-electron chi connectivity index (χ4n) is 1.88. The largest absolute Gasteiger partial charge is 0.369 e. The van der Waals surface area contributed by atoms with E-state index in [1.165, 1.54) is 16.4 Å². The minimum absolute atomic E-state index is 0.271. The van der Waals surface area contributed by atoms with Gasteiger partial charge in [0, 0.05) is 31.9 Å². The van der Waals surface area contributed by atoms with Crippen molar-refractivity contribution in [3.05, 3.63) is 36.3 Å². The van der Waals surface area contributed by atoms with Crippen molar-refractivity contribution in [2.45, 2.75) is 0 Å². The zero-order chi connectivity index (χ0) is 12.5. The maximum atomic E-state index is 12.8. The molecule has 0 amide bonds. The van der Waals surface area contributed by atoms with Crippen molar-refractivity contribution in [1.29, 1.82) is 0 Å². The topological polar surface area (TPSA) is 40.6 Å². The molecule has 4 nitrogen and oxygen atoms in total. The number of sulfonamides is 1. The molecule has 0 unspecified atom stereocenters. The third-order valence-corrected chi connectivity index (χ3v) is 3.98. The van der Waals surface area contributed by atoms with Crippen molar-refractivity contribution in [2.75, 3.05) is 31.1 Å². The van der Waals surface area contributed by atoms with Crippen LogP contribution < -0.4 is 4.90 Å². The maximum Gasteiger partial charge on any atom is 0.215 e. The third kappa shape index (κ3) is 2.95. The lowest BCUT2D eigenvalue weighted by Crippen LogP contribution is -2.47. The van der Waals surface area contributed by atoms with Gasteiger partial charge < -0.3 is 4.90 Å². The Kier molecular flexibility index (Phi) is 3.35. The zero-order valence-electron chi connectivity index (χ0n) is 9.34. The van der Waals surface area contributed by atoms with Crippen LogP contribution in [0.4, 0.5) is 10.1 Å². The molecule has 0 saturated carbocycles. The molecular formula is C11H14FN2O2S. The van der Waals surface area contributed by atoms with Gasteiger partial charge in [-0.3, -0.25) is 0 Å². The predicted octanol–water partition coefficient (Wildman–Crippen LogP) is 1.07. The van der Waals surface area contributed by atoms with Gasteiger partial charge in [0.05, 0.1) is 6.26 Å². The lowest BCUT2D eigenvalue weighted by Gasteiger charge is -2.34. The summed E-state index contributed by atoms with van der Waals surface area (Å²) in [5.74, 6) is -0.271.